The van der Waals surface area contributed by atoms with Crippen molar-refractivity contribution in [3.05, 3.63) is 0 Å². The highest BCUT2D eigenvalue weighted by atomic mass is 15.1. The van der Waals surface area contributed by atoms with E-state index in [1.54, 1.807) is 0 Å². The highest BCUT2D eigenvalue weighted by Crippen LogP contribution is 2.06. The molecule has 0 aromatic heterocycles. The quantitative estimate of drug-likeness (QED) is 0.668. The molecule has 0 aliphatic heterocycles. The van der Waals surface area contributed by atoms with Gasteiger partial charge in [0.05, 0.1) is 0 Å². The Kier molecular flexibility index (Phi) is 8.07. The maximum atomic E-state index is 3.58. The Morgan fingerprint density at radius 2 is 1.60 bits per heavy atom. The molecule has 1 atom stereocenters. The average molecular weight is 214 g/mol. The van der Waals surface area contributed by atoms with E-state index >= 15 is 0 Å². The normalized spacial score (nSPS) is 14.2. The fourth-order valence-electron chi connectivity index (χ4n) is 1.43. The first-order chi connectivity index (χ1) is 6.93. The van der Waals surface area contributed by atoms with Crippen molar-refractivity contribution in [1.82, 2.24) is 10.2 Å². The molecule has 0 fully saturated rings. The van der Waals surface area contributed by atoms with Gasteiger partial charge in [-0.2, -0.15) is 0 Å². The minimum absolute atomic E-state index is 0.651. The fraction of sp³-hybridized carbons (Fsp3) is 1.00. The second-order valence-electron chi connectivity index (χ2n) is 5.40. The largest absolute Gasteiger partial charge is 0.313 e. The van der Waals surface area contributed by atoms with Crippen LogP contribution in [-0.2, 0) is 0 Å². The lowest BCUT2D eigenvalue weighted by molar-refractivity contribution is 0.268. The molecule has 1 unspecified atom stereocenters. The standard InChI is InChI=1S/C13H30N2/c1-11(2)7-8-13(5)14-9-10-15(6)12(3)4/h11-14H,7-10H2,1-6H3. The van der Waals surface area contributed by atoms with E-state index in [9.17, 15) is 0 Å². The molecule has 0 aromatic rings. The molecule has 0 aromatic carbocycles. The Bertz CT molecular complexity index is 143. The van der Waals surface area contributed by atoms with Crippen molar-refractivity contribution in [3.63, 3.8) is 0 Å². The summed E-state index contributed by atoms with van der Waals surface area (Å²) in [5, 5.41) is 3.58. The topological polar surface area (TPSA) is 15.3 Å². The van der Waals surface area contributed by atoms with Gasteiger partial charge in [-0.1, -0.05) is 13.8 Å². The third kappa shape index (κ3) is 8.88. The lowest BCUT2D eigenvalue weighted by Gasteiger charge is -2.22. The van der Waals surface area contributed by atoms with Gasteiger partial charge in [0.2, 0.25) is 0 Å². The zero-order valence-corrected chi connectivity index (χ0v) is 11.5. The van der Waals surface area contributed by atoms with Gasteiger partial charge >= 0.3 is 0 Å². The van der Waals surface area contributed by atoms with Gasteiger partial charge in [0.15, 0.2) is 0 Å². The molecule has 0 bridgehead atoms. The minimum Gasteiger partial charge on any atom is -0.313 e. The van der Waals surface area contributed by atoms with Crippen LogP contribution in [0.5, 0.6) is 0 Å². The van der Waals surface area contributed by atoms with Crippen LogP contribution in [0.2, 0.25) is 0 Å². The Balaban J connectivity index is 3.42. The smallest absolute Gasteiger partial charge is 0.0107 e. The number of likely N-dealkylation sites (N-methyl/N-ethyl adjacent to an activating group) is 1. The van der Waals surface area contributed by atoms with Gasteiger partial charge in [-0.3, -0.25) is 0 Å². The van der Waals surface area contributed by atoms with E-state index in [0.29, 0.717) is 12.1 Å². The lowest BCUT2D eigenvalue weighted by atomic mass is 10.0. The summed E-state index contributed by atoms with van der Waals surface area (Å²) in [4.78, 5) is 2.38. The monoisotopic (exact) mass is 214 g/mol. The molecule has 0 saturated carbocycles. The van der Waals surface area contributed by atoms with Crippen LogP contribution in [0.1, 0.15) is 47.5 Å². The van der Waals surface area contributed by atoms with E-state index in [1.807, 2.05) is 0 Å². The second kappa shape index (κ2) is 8.12. The first-order valence-electron chi connectivity index (χ1n) is 6.37. The van der Waals surface area contributed by atoms with Crippen molar-refractivity contribution in [2.45, 2.75) is 59.5 Å². The van der Waals surface area contributed by atoms with Gasteiger partial charge in [-0.25, -0.2) is 0 Å². The summed E-state index contributed by atoms with van der Waals surface area (Å²) < 4.78 is 0. The van der Waals surface area contributed by atoms with Crippen molar-refractivity contribution in [3.8, 4) is 0 Å². The molecular weight excluding hydrogens is 184 g/mol. The summed E-state index contributed by atoms with van der Waals surface area (Å²) in [5.74, 6) is 0.826. The number of rotatable bonds is 8. The first kappa shape index (κ1) is 14.9. The minimum atomic E-state index is 0.651. The van der Waals surface area contributed by atoms with Crippen LogP contribution >= 0.6 is 0 Å². The van der Waals surface area contributed by atoms with Gasteiger partial charge in [0.25, 0.3) is 0 Å². The van der Waals surface area contributed by atoms with Crippen molar-refractivity contribution in [1.29, 1.82) is 0 Å². The number of nitrogens with zero attached hydrogens (tertiary/aromatic N) is 1. The molecule has 15 heavy (non-hydrogen) atoms. The third-order valence-electron chi connectivity index (χ3n) is 3.02. The molecule has 0 aliphatic rings. The number of hydrogen-bond acceptors (Lipinski definition) is 2. The lowest BCUT2D eigenvalue weighted by Crippen LogP contribution is -2.37. The SMILES string of the molecule is CC(C)CCC(C)NCCN(C)C(C)C. The second-order valence-corrected chi connectivity index (χ2v) is 5.40. The first-order valence-corrected chi connectivity index (χ1v) is 6.37. The average Bonchev–Trinajstić information content (AvgIpc) is 2.14. The zero-order chi connectivity index (χ0) is 11.8. The van der Waals surface area contributed by atoms with E-state index in [1.165, 1.54) is 12.8 Å². The van der Waals surface area contributed by atoms with Crippen LogP contribution in [0.15, 0.2) is 0 Å². The van der Waals surface area contributed by atoms with Crippen molar-refractivity contribution < 1.29 is 0 Å². The predicted octanol–water partition coefficient (Wildman–Crippen LogP) is 2.74. The molecule has 2 heteroatoms. The molecule has 0 saturated heterocycles. The predicted molar refractivity (Wildman–Crippen MR) is 69.3 cm³/mol. The molecule has 2 nitrogen and oxygen atoms in total. The molecule has 92 valence electrons. The van der Waals surface area contributed by atoms with Crippen LogP contribution in [0.3, 0.4) is 0 Å². The van der Waals surface area contributed by atoms with Crippen LogP contribution in [0.25, 0.3) is 0 Å². The summed E-state index contributed by atoms with van der Waals surface area (Å²) in [6, 6.07) is 1.31. The molecule has 0 heterocycles. The molecule has 0 aliphatic carbocycles. The van der Waals surface area contributed by atoms with Crippen molar-refractivity contribution >= 4 is 0 Å². The Hall–Kier alpha value is -0.0800. The Morgan fingerprint density at radius 3 is 2.07 bits per heavy atom. The summed E-state index contributed by atoms with van der Waals surface area (Å²) in [6.45, 7) is 13.6. The van der Waals surface area contributed by atoms with Crippen LogP contribution < -0.4 is 5.32 Å². The molecule has 0 spiro atoms. The van der Waals surface area contributed by atoms with Crippen LogP contribution in [0, 0.1) is 5.92 Å². The summed E-state index contributed by atoms with van der Waals surface area (Å²) in [5.41, 5.74) is 0. The van der Waals surface area contributed by atoms with Crippen molar-refractivity contribution in [2.75, 3.05) is 20.1 Å². The van der Waals surface area contributed by atoms with Crippen LogP contribution in [0.4, 0.5) is 0 Å². The molecule has 0 radical (unpaired) electrons. The van der Waals surface area contributed by atoms with Gasteiger partial charge in [-0.05, 0) is 46.6 Å². The molecule has 0 amide bonds. The molecule has 0 rings (SSSR count). The number of hydrogen-bond donors (Lipinski definition) is 1. The summed E-state index contributed by atoms with van der Waals surface area (Å²) >= 11 is 0. The van der Waals surface area contributed by atoms with E-state index in [0.717, 1.165) is 19.0 Å². The highest BCUT2D eigenvalue weighted by molar-refractivity contribution is 4.64. The summed E-state index contributed by atoms with van der Waals surface area (Å²) in [7, 11) is 2.19. The highest BCUT2D eigenvalue weighted by Gasteiger charge is 2.05. The van der Waals surface area contributed by atoms with Crippen molar-refractivity contribution in [2.24, 2.45) is 5.92 Å². The van der Waals surface area contributed by atoms with E-state index < -0.39 is 0 Å². The fourth-order valence-corrected chi connectivity index (χ4v) is 1.43. The van der Waals surface area contributed by atoms with Gasteiger partial charge < -0.3 is 10.2 Å². The van der Waals surface area contributed by atoms with Gasteiger partial charge in [0.1, 0.15) is 0 Å². The van der Waals surface area contributed by atoms with E-state index in [4.69, 9.17) is 0 Å². The third-order valence-corrected chi connectivity index (χ3v) is 3.02. The maximum Gasteiger partial charge on any atom is 0.0107 e. The summed E-state index contributed by atoms with van der Waals surface area (Å²) in [6.07, 6.45) is 2.62. The van der Waals surface area contributed by atoms with E-state index in [2.05, 4.69) is 51.9 Å². The Labute approximate surface area is 96.4 Å². The van der Waals surface area contributed by atoms with Crippen LogP contribution in [-0.4, -0.2) is 37.1 Å². The maximum absolute atomic E-state index is 3.58. The van der Waals surface area contributed by atoms with Gasteiger partial charge in [0, 0.05) is 25.2 Å². The van der Waals surface area contributed by atoms with E-state index in [-0.39, 0.29) is 0 Å². The van der Waals surface area contributed by atoms with Gasteiger partial charge in [-0.15, -0.1) is 0 Å². The number of nitrogens with one attached hydrogen (secondary N) is 1. The molecular formula is C13H30N2. The zero-order valence-electron chi connectivity index (χ0n) is 11.5. The molecule has 1 N–H and O–H groups in total. The Morgan fingerprint density at radius 1 is 1.00 bits per heavy atom.